The minimum atomic E-state index is -0.435. The molecular formula is C11H12ClNO2. The number of benzene rings is 1. The molecule has 2 rings (SSSR count). The van der Waals surface area contributed by atoms with E-state index in [2.05, 4.69) is 4.74 Å². The summed E-state index contributed by atoms with van der Waals surface area (Å²) in [7, 11) is 1.37. The molecule has 0 N–H and O–H groups in total. The van der Waals surface area contributed by atoms with Crippen molar-refractivity contribution in [3.63, 3.8) is 0 Å². The van der Waals surface area contributed by atoms with Crippen molar-refractivity contribution >= 4 is 17.7 Å². The highest BCUT2D eigenvalue weighted by Crippen LogP contribution is 2.38. The fourth-order valence-corrected chi connectivity index (χ4v) is 2.15. The number of hydrogen-bond donors (Lipinski definition) is 0. The van der Waals surface area contributed by atoms with E-state index in [1.165, 1.54) is 7.11 Å². The first-order valence-electron chi connectivity index (χ1n) is 4.73. The number of ether oxygens (including phenoxy) is 1. The zero-order chi connectivity index (χ0) is 10.9. The molecule has 0 atom stereocenters. The van der Waals surface area contributed by atoms with Crippen LogP contribution in [-0.4, -0.2) is 31.2 Å². The third-order valence-corrected chi connectivity index (χ3v) is 3.06. The van der Waals surface area contributed by atoms with Crippen molar-refractivity contribution in [1.82, 2.24) is 4.90 Å². The minimum Gasteiger partial charge on any atom is -0.453 e. The number of carbonyl (C=O) groups is 1. The highest BCUT2D eigenvalue weighted by atomic mass is 35.5. The van der Waals surface area contributed by atoms with E-state index in [0.717, 1.165) is 5.56 Å². The number of halogens is 1. The summed E-state index contributed by atoms with van der Waals surface area (Å²) >= 11 is 6.38. The highest BCUT2D eigenvalue weighted by molar-refractivity contribution is 6.25. The van der Waals surface area contributed by atoms with Gasteiger partial charge in [0.2, 0.25) is 0 Å². The lowest BCUT2D eigenvalue weighted by atomic mass is 9.91. The normalized spacial score (nSPS) is 18.1. The molecule has 0 radical (unpaired) electrons. The number of methoxy groups -OCH3 is 1. The fraction of sp³-hybridized carbons (Fsp3) is 0.364. The number of amides is 1. The second-order valence-corrected chi connectivity index (χ2v) is 4.38. The molecule has 80 valence electrons. The summed E-state index contributed by atoms with van der Waals surface area (Å²) in [5, 5.41) is 0. The van der Waals surface area contributed by atoms with Crippen LogP contribution in [0.3, 0.4) is 0 Å². The van der Waals surface area contributed by atoms with Gasteiger partial charge < -0.3 is 9.64 Å². The lowest BCUT2D eigenvalue weighted by molar-refractivity contribution is 0.0770. The Morgan fingerprint density at radius 1 is 1.40 bits per heavy atom. The average Bonchev–Trinajstić information content (AvgIpc) is 2.25. The maximum absolute atomic E-state index is 11.2. The molecule has 1 aliphatic heterocycles. The van der Waals surface area contributed by atoms with E-state index in [1.807, 2.05) is 30.3 Å². The zero-order valence-electron chi connectivity index (χ0n) is 8.44. The van der Waals surface area contributed by atoms with Gasteiger partial charge in [-0.3, -0.25) is 0 Å². The molecular weight excluding hydrogens is 214 g/mol. The van der Waals surface area contributed by atoms with Crippen LogP contribution in [0.2, 0.25) is 0 Å². The molecule has 1 aromatic rings. The quantitative estimate of drug-likeness (QED) is 0.686. The van der Waals surface area contributed by atoms with E-state index in [9.17, 15) is 4.79 Å². The molecule has 1 saturated heterocycles. The van der Waals surface area contributed by atoms with Crippen LogP contribution in [-0.2, 0) is 9.61 Å². The number of nitrogens with zero attached hydrogens (tertiary/aromatic N) is 1. The summed E-state index contributed by atoms with van der Waals surface area (Å²) in [6.45, 7) is 1.01. The number of carbonyl (C=O) groups excluding carboxylic acids is 1. The number of hydrogen-bond acceptors (Lipinski definition) is 2. The molecule has 0 spiro atoms. The van der Waals surface area contributed by atoms with Gasteiger partial charge in [-0.15, -0.1) is 11.6 Å². The molecule has 0 aromatic heterocycles. The van der Waals surface area contributed by atoms with Crippen LogP contribution in [0, 0.1) is 0 Å². The molecule has 15 heavy (non-hydrogen) atoms. The monoisotopic (exact) mass is 225 g/mol. The van der Waals surface area contributed by atoms with Crippen molar-refractivity contribution in [1.29, 1.82) is 0 Å². The second-order valence-electron chi connectivity index (χ2n) is 3.66. The van der Waals surface area contributed by atoms with Crippen molar-refractivity contribution < 1.29 is 9.53 Å². The van der Waals surface area contributed by atoms with E-state index in [0.29, 0.717) is 13.1 Å². The molecule has 0 bridgehead atoms. The Hall–Kier alpha value is -1.22. The van der Waals surface area contributed by atoms with Crippen LogP contribution in [0.25, 0.3) is 0 Å². The molecule has 0 unspecified atom stereocenters. The van der Waals surface area contributed by atoms with Crippen LogP contribution >= 0.6 is 11.6 Å². The van der Waals surface area contributed by atoms with Crippen LogP contribution in [0.5, 0.6) is 0 Å². The topological polar surface area (TPSA) is 29.5 Å². The summed E-state index contributed by atoms with van der Waals surface area (Å²) in [6.07, 6.45) is -0.317. The van der Waals surface area contributed by atoms with Crippen LogP contribution in [0.4, 0.5) is 4.79 Å². The Bertz CT molecular complexity index is 360. The molecule has 1 heterocycles. The first kappa shape index (κ1) is 10.3. The van der Waals surface area contributed by atoms with Crippen LogP contribution < -0.4 is 0 Å². The predicted molar refractivity (Wildman–Crippen MR) is 58.0 cm³/mol. The summed E-state index contributed by atoms with van der Waals surface area (Å²) in [6, 6.07) is 9.78. The first-order chi connectivity index (χ1) is 7.15. The third-order valence-electron chi connectivity index (χ3n) is 2.61. The Morgan fingerprint density at radius 2 is 2.00 bits per heavy atom. The Kier molecular flexibility index (Phi) is 2.57. The van der Waals surface area contributed by atoms with Gasteiger partial charge in [0.1, 0.15) is 4.87 Å². The van der Waals surface area contributed by atoms with E-state index >= 15 is 0 Å². The number of alkyl halides is 1. The molecule has 1 aromatic carbocycles. The number of likely N-dealkylation sites (tertiary alicyclic amines) is 1. The molecule has 4 heteroatoms. The SMILES string of the molecule is COC(=O)N1CC(Cl)(c2ccccc2)C1. The minimum absolute atomic E-state index is 0.317. The van der Waals surface area contributed by atoms with Crippen molar-refractivity contribution in [2.45, 2.75) is 4.87 Å². The first-order valence-corrected chi connectivity index (χ1v) is 5.11. The van der Waals surface area contributed by atoms with Crippen molar-refractivity contribution in [2.24, 2.45) is 0 Å². The fourth-order valence-electron chi connectivity index (χ4n) is 1.74. The predicted octanol–water partition coefficient (Wildman–Crippen LogP) is 2.20. The smallest absolute Gasteiger partial charge is 0.409 e. The van der Waals surface area contributed by atoms with Crippen molar-refractivity contribution in [3.8, 4) is 0 Å². The Morgan fingerprint density at radius 3 is 2.53 bits per heavy atom. The van der Waals surface area contributed by atoms with Crippen molar-refractivity contribution in [3.05, 3.63) is 35.9 Å². The summed E-state index contributed by atoms with van der Waals surface area (Å²) in [4.78, 5) is 12.3. The average molecular weight is 226 g/mol. The van der Waals surface area contributed by atoms with Crippen LogP contribution in [0.15, 0.2) is 30.3 Å². The third kappa shape index (κ3) is 1.79. The van der Waals surface area contributed by atoms with E-state index in [4.69, 9.17) is 11.6 Å². The molecule has 3 nitrogen and oxygen atoms in total. The molecule has 1 fully saturated rings. The van der Waals surface area contributed by atoms with Gasteiger partial charge in [-0.05, 0) is 5.56 Å². The molecule has 0 saturated carbocycles. The van der Waals surface area contributed by atoms with Gasteiger partial charge in [0, 0.05) is 13.1 Å². The van der Waals surface area contributed by atoms with E-state index < -0.39 is 4.87 Å². The van der Waals surface area contributed by atoms with Gasteiger partial charge in [-0.2, -0.15) is 0 Å². The zero-order valence-corrected chi connectivity index (χ0v) is 9.20. The van der Waals surface area contributed by atoms with Gasteiger partial charge in [0.15, 0.2) is 0 Å². The van der Waals surface area contributed by atoms with Gasteiger partial charge in [0.05, 0.1) is 7.11 Å². The van der Waals surface area contributed by atoms with E-state index in [1.54, 1.807) is 4.90 Å². The van der Waals surface area contributed by atoms with Crippen LogP contribution in [0.1, 0.15) is 5.56 Å². The van der Waals surface area contributed by atoms with Gasteiger partial charge in [-0.1, -0.05) is 30.3 Å². The Labute approximate surface area is 93.6 Å². The summed E-state index contributed by atoms with van der Waals surface area (Å²) in [5.74, 6) is 0. The maximum Gasteiger partial charge on any atom is 0.409 e. The number of rotatable bonds is 1. The Balaban J connectivity index is 2.06. The lowest BCUT2D eigenvalue weighted by Crippen LogP contribution is -2.58. The largest absolute Gasteiger partial charge is 0.453 e. The molecule has 1 amide bonds. The lowest BCUT2D eigenvalue weighted by Gasteiger charge is -2.45. The standard InChI is InChI=1S/C11H12ClNO2/c1-15-10(14)13-7-11(12,8-13)9-5-3-2-4-6-9/h2-6H,7-8H2,1H3. The second kappa shape index (κ2) is 3.74. The van der Waals surface area contributed by atoms with Crippen molar-refractivity contribution in [2.75, 3.05) is 20.2 Å². The summed E-state index contributed by atoms with van der Waals surface area (Å²) < 4.78 is 4.61. The molecule has 1 aliphatic rings. The van der Waals surface area contributed by atoms with Gasteiger partial charge >= 0.3 is 6.09 Å². The van der Waals surface area contributed by atoms with Gasteiger partial charge in [-0.25, -0.2) is 4.79 Å². The van der Waals surface area contributed by atoms with E-state index in [-0.39, 0.29) is 6.09 Å². The van der Waals surface area contributed by atoms with Gasteiger partial charge in [0.25, 0.3) is 0 Å². The maximum atomic E-state index is 11.2. The molecule has 0 aliphatic carbocycles. The summed E-state index contributed by atoms with van der Waals surface area (Å²) in [5.41, 5.74) is 1.05. The highest BCUT2D eigenvalue weighted by Gasteiger charge is 2.45.